The smallest absolute Gasteiger partial charge is 0.248 e. The van der Waals surface area contributed by atoms with Gasteiger partial charge in [-0.15, -0.1) is 0 Å². The van der Waals surface area contributed by atoms with E-state index in [9.17, 15) is 4.79 Å². The SMILES string of the molecule is N[C@H]1CCN(C(=O)CO)C1. The number of nitrogens with two attached hydrogens (primary N) is 1. The summed E-state index contributed by atoms with van der Waals surface area (Å²) in [5, 5.41) is 8.45. The summed E-state index contributed by atoms with van der Waals surface area (Å²) in [5.74, 6) is -0.215. The van der Waals surface area contributed by atoms with Gasteiger partial charge in [0.25, 0.3) is 0 Å². The van der Waals surface area contributed by atoms with Gasteiger partial charge < -0.3 is 15.7 Å². The highest BCUT2D eigenvalue weighted by molar-refractivity contribution is 5.77. The van der Waals surface area contributed by atoms with Crippen LogP contribution in [0.2, 0.25) is 0 Å². The lowest BCUT2D eigenvalue weighted by molar-refractivity contribution is -0.133. The van der Waals surface area contributed by atoms with Crippen LogP contribution in [0.1, 0.15) is 6.42 Å². The van der Waals surface area contributed by atoms with Gasteiger partial charge in [0.1, 0.15) is 6.61 Å². The van der Waals surface area contributed by atoms with Gasteiger partial charge in [0.05, 0.1) is 0 Å². The summed E-state index contributed by atoms with van der Waals surface area (Å²) in [5.41, 5.74) is 5.54. The molecule has 58 valence electrons. The maximum Gasteiger partial charge on any atom is 0.248 e. The van der Waals surface area contributed by atoms with Crippen LogP contribution < -0.4 is 5.73 Å². The third-order valence-electron chi connectivity index (χ3n) is 1.71. The highest BCUT2D eigenvalue weighted by Gasteiger charge is 2.22. The topological polar surface area (TPSA) is 66.6 Å². The number of carbonyl (C=O) groups is 1. The van der Waals surface area contributed by atoms with Gasteiger partial charge in [0, 0.05) is 19.1 Å². The second kappa shape index (κ2) is 2.98. The molecule has 0 unspecified atom stereocenters. The van der Waals surface area contributed by atoms with E-state index in [4.69, 9.17) is 10.8 Å². The van der Waals surface area contributed by atoms with E-state index in [1.807, 2.05) is 0 Å². The third-order valence-corrected chi connectivity index (χ3v) is 1.71. The number of carbonyl (C=O) groups excluding carboxylic acids is 1. The summed E-state index contributed by atoms with van der Waals surface area (Å²) in [6.07, 6.45) is 0.853. The number of hydrogen-bond donors (Lipinski definition) is 2. The molecule has 0 aliphatic carbocycles. The first-order valence-corrected chi connectivity index (χ1v) is 3.38. The fourth-order valence-electron chi connectivity index (χ4n) is 1.11. The Morgan fingerprint density at radius 3 is 2.90 bits per heavy atom. The Bertz CT molecular complexity index is 138. The number of likely N-dealkylation sites (tertiary alicyclic amines) is 1. The van der Waals surface area contributed by atoms with Crippen LogP contribution in [0.3, 0.4) is 0 Å². The quantitative estimate of drug-likeness (QED) is 0.472. The molecular formula is C6H12N2O2. The van der Waals surface area contributed by atoms with Gasteiger partial charge >= 0.3 is 0 Å². The minimum absolute atomic E-state index is 0.107. The molecule has 0 aromatic rings. The van der Waals surface area contributed by atoms with Crippen LogP contribution in [0.15, 0.2) is 0 Å². The first-order chi connectivity index (χ1) is 4.74. The van der Waals surface area contributed by atoms with E-state index in [0.29, 0.717) is 13.1 Å². The second-order valence-electron chi connectivity index (χ2n) is 2.55. The predicted octanol–water partition coefficient (Wildman–Crippen LogP) is -1.46. The van der Waals surface area contributed by atoms with Crippen molar-refractivity contribution in [2.45, 2.75) is 12.5 Å². The van der Waals surface area contributed by atoms with E-state index in [-0.39, 0.29) is 11.9 Å². The number of nitrogens with zero attached hydrogens (tertiary/aromatic N) is 1. The molecule has 1 heterocycles. The van der Waals surface area contributed by atoms with Gasteiger partial charge in [-0.25, -0.2) is 0 Å². The van der Waals surface area contributed by atoms with Crippen molar-refractivity contribution >= 4 is 5.91 Å². The largest absolute Gasteiger partial charge is 0.387 e. The van der Waals surface area contributed by atoms with E-state index >= 15 is 0 Å². The van der Waals surface area contributed by atoms with E-state index in [1.165, 1.54) is 0 Å². The van der Waals surface area contributed by atoms with E-state index < -0.39 is 6.61 Å². The van der Waals surface area contributed by atoms with Crippen LogP contribution in [0, 0.1) is 0 Å². The molecule has 4 heteroatoms. The summed E-state index contributed by atoms with van der Waals surface area (Å²) in [6, 6.07) is 0.107. The Labute approximate surface area is 59.6 Å². The van der Waals surface area contributed by atoms with Crippen LogP contribution in [0.5, 0.6) is 0 Å². The zero-order valence-corrected chi connectivity index (χ0v) is 5.79. The van der Waals surface area contributed by atoms with Crippen LogP contribution in [0.25, 0.3) is 0 Å². The van der Waals surface area contributed by atoms with Gasteiger partial charge in [-0.3, -0.25) is 4.79 Å². The van der Waals surface area contributed by atoms with Gasteiger partial charge in [-0.05, 0) is 6.42 Å². The lowest BCUT2D eigenvalue weighted by Gasteiger charge is -2.12. The Balaban J connectivity index is 2.37. The van der Waals surface area contributed by atoms with E-state index in [2.05, 4.69) is 0 Å². The zero-order chi connectivity index (χ0) is 7.56. The molecule has 1 amide bonds. The van der Waals surface area contributed by atoms with E-state index in [0.717, 1.165) is 6.42 Å². The standard InChI is InChI=1S/C6H12N2O2/c7-5-1-2-8(3-5)6(10)4-9/h5,9H,1-4,7H2/t5-/m0/s1. The normalized spacial score (nSPS) is 25.4. The third kappa shape index (κ3) is 1.46. The summed E-state index contributed by atoms with van der Waals surface area (Å²) >= 11 is 0. The first kappa shape index (κ1) is 7.50. The molecular weight excluding hydrogens is 132 g/mol. The van der Waals surface area contributed by atoms with Crippen LogP contribution >= 0.6 is 0 Å². The van der Waals surface area contributed by atoms with Crippen LogP contribution in [-0.4, -0.2) is 41.7 Å². The fourth-order valence-corrected chi connectivity index (χ4v) is 1.11. The molecule has 4 nitrogen and oxygen atoms in total. The molecule has 1 rings (SSSR count). The number of aliphatic hydroxyl groups is 1. The fraction of sp³-hybridized carbons (Fsp3) is 0.833. The minimum Gasteiger partial charge on any atom is -0.387 e. The minimum atomic E-state index is -0.396. The van der Waals surface area contributed by atoms with Crippen LogP contribution in [0.4, 0.5) is 0 Å². The predicted molar refractivity (Wildman–Crippen MR) is 36.3 cm³/mol. The zero-order valence-electron chi connectivity index (χ0n) is 5.79. The molecule has 3 N–H and O–H groups in total. The maximum absolute atomic E-state index is 10.8. The highest BCUT2D eigenvalue weighted by Crippen LogP contribution is 2.05. The number of amides is 1. The summed E-state index contributed by atoms with van der Waals surface area (Å²) in [6.45, 7) is 0.896. The van der Waals surface area contributed by atoms with Crippen molar-refractivity contribution in [2.24, 2.45) is 5.73 Å². The van der Waals surface area contributed by atoms with E-state index in [1.54, 1.807) is 4.90 Å². The van der Waals surface area contributed by atoms with Gasteiger partial charge in [0.2, 0.25) is 5.91 Å². The van der Waals surface area contributed by atoms with Crippen LogP contribution in [-0.2, 0) is 4.79 Å². The molecule has 1 aliphatic heterocycles. The molecule has 1 aliphatic rings. The lowest BCUT2D eigenvalue weighted by atomic mass is 10.3. The van der Waals surface area contributed by atoms with Crippen molar-refractivity contribution in [3.05, 3.63) is 0 Å². The maximum atomic E-state index is 10.8. The lowest BCUT2D eigenvalue weighted by Crippen LogP contribution is -2.33. The molecule has 1 atom stereocenters. The summed E-state index contributed by atoms with van der Waals surface area (Å²) in [7, 11) is 0. The first-order valence-electron chi connectivity index (χ1n) is 3.38. The molecule has 0 spiro atoms. The molecule has 0 aromatic carbocycles. The Morgan fingerprint density at radius 2 is 2.50 bits per heavy atom. The van der Waals surface area contributed by atoms with Gasteiger partial charge in [-0.2, -0.15) is 0 Å². The van der Waals surface area contributed by atoms with Crippen molar-refractivity contribution in [1.82, 2.24) is 4.90 Å². The van der Waals surface area contributed by atoms with Crippen molar-refractivity contribution in [2.75, 3.05) is 19.7 Å². The Morgan fingerprint density at radius 1 is 1.80 bits per heavy atom. The second-order valence-corrected chi connectivity index (χ2v) is 2.55. The van der Waals surface area contributed by atoms with Crippen molar-refractivity contribution < 1.29 is 9.90 Å². The molecule has 0 radical (unpaired) electrons. The number of aliphatic hydroxyl groups excluding tert-OH is 1. The average molecular weight is 144 g/mol. The van der Waals surface area contributed by atoms with Gasteiger partial charge in [-0.1, -0.05) is 0 Å². The molecule has 0 aromatic heterocycles. The van der Waals surface area contributed by atoms with Crippen molar-refractivity contribution in [1.29, 1.82) is 0 Å². The Kier molecular flexibility index (Phi) is 2.24. The number of rotatable bonds is 1. The average Bonchev–Trinajstić information content (AvgIpc) is 2.34. The number of hydrogen-bond acceptors (Lipinski definition) is 3. The highest BCUT2D eigenvalue weighted by atomic mass is 16.3. The van der Waals surface area contributed by atoms with Crippen molar-refractivity contribution in [3.63, 3.8) is 0 Å². The summed E-state index contributed by atoms with van der Waals surface area (Å²) < 4.78 is 0. The molecule has 1 saturated heterocycles. The van der Waals surface area contributed by atoms with Gasteiger partial charge in [0.15, 0.2) is 0 Å². The Hall–Kier alpha value is -0.610. The monoisotopic (exact) mass is 144 g/mol. The van der Waals surface area contributed by atoms with Crippen molar-refractivity contribution in [3.8, 4) is 0 Å². The molecule has 0 saturated carbocycles. The molecule has 10 heavy (non-hydrogen) atoms. The molecule has 0 bridgehead atoms. The summed E-state index contributed by atoms with van der Waals surface area (Å²) in [4.78, 5) is 12.4. The molecule has 1 fully saturated rings.